The molecule has 0 amide bonds. The van der Waals surface area contributed by atoms with Crippen LogP contribution in [0.15, 0.2) is 0 Å². The highest BCUT2D eigenvalue weighted by molar-refractivity contribution is 7.80. The molecule has 0 aromatic carbocycles. The van der Waals surface area contributed by atoms with E-state index >= 15 is 0 Å². The van der Waals surface area contributed by atoms with Crippen LogP contribution in [-0.4, -0.2) is 22.9 Å². The smallest absolute Gasteiger partial charge is 0.321 e. The van der Waals surface area contributed by atoms with E-state index in [0.29, 0.717) is 0 Å². The van der Waals surface area contributed by atoms with Gasteiger partial charge in [-0.3, -0.25) is 4.79 Å². The van der Waals surface area contributed by atoms with Crippen molar-refractivity contribution >= 4 is 18.6 Å². The van der Waals surface area contributed by atoms with Gasteiger partial charge in [-0.2, -0.15) is 12.6 Å². The first kappa shape index (κ1) is 11.8. The van der Waals surface area contributed by atoms with Crippen LogP contribution in [0, 0.1) is 5.53 Å². The van der Waals surface area contributed by atoms with Crippen LogP contribution in [0.5, 0.6) is 0 Å². The number of carboxylic acid groups (broad SMARTS) is 1. The second kappa shape index (κ2) is 8.09. The summed E-state index contributed by atoms with van der Waals surface area (Å²) in [6, 6.07) is -0.816. The van der Waals surface area contributed by atoms with Crippen molar-refractivity contribution in [3.05, 3.63) is 10.4 Å². The number of nitrogens with zero attached hydrogens (tertiary/aromatic N) is 2. The lowest BCUT2D eigenvalue weighted by Gasteiger charge is -1.96. The van der Waals surface area contributed by atoms with Crippen LogP contribution < -0.4 is 5.73 Å². The van der Waals surface area contributed by atoms with Crippen molar-refractivity contribution in [2.45, 2.75) is 6.04 Å². The molecule has 1 atom stereocenters. The van der Waals surface area contributed by atoms with E-state index in [4.69, 9.17) is 21.9 Å². The molecule has 0 fully saturated rings. The largest absolute Gasteiger partial charge is 0.480 e. The van der Waals surface area contributed by atoms with Crippen LogP contribution in [0.25, 0.3) is 10.4 Å². The molecule has 0 rings (SSSR count). The molecule has 0 aromatic rings. The first-order chi connectivity index (χ1) is 4.59. The minimum absolute atomic E-state index is 0.190. The molecule has 0 saturated heterocycles. The van der Waals surface area contributed by atoms with Gasteiger partial charge in [-0.05, 0) is 10.4 Å². The zero-order valence-corrected chi connectivity index (χ0v) is 5.95. The molecule has 0 bridgehead atoms. The molecule has 0 heterocycles. The fourth-order valence-electron chi connectivity index (χ4n) is 0.0781. The van der Waals surface area contributed by atoms with Crippen LogP contribution in [0.1, 0.15) is 0 Å². The molecule has 4 N–H and O–H groups in total. The standard InChI is InChI=1S/C3H7NO2S.HN3/c4-2(1-7)3(5)6;1-3-2/h2,7H,1,4H2,(H,5,6);1H. The maximum absolute atomic E-state index is 9.76. The predicted octanol–water partition coefficient (Wildman–Crippen LogP) is 0.204. The Kier molecular flexibility index (Phi) is 9.57. The van der Waals surface area contributed by atoms with Gasteiger partial charge in [0, 0.05) is 5.75 Å². The Balaban J connectivity index is 0. The van der Waals surface area contributed by atoms with Crippen molar-refractivity contribution in [2.24, 2.45) is 5.73 Å². The van der Waals surface area contributed by atoms with E-state index in [1.807, 2.05) is 0 Å². The summed E-state index contributed by atoms with van der Waals surface area (Å²) in [6.07, 6.45) is 0. The average molecular weight is 164 g/mol. The average Bonchev–Trinajstić information content (AvgIpc) is 1.88. The number of nitrogens with two attached hydrogens (primary N) is 1. The predicted molar refractivity (Wildman–Crippen MR) is 38.9 cm³/mol. The third-order valence-electron chi connectivity index (χ3n) is 0.514. The maximum Gasteiger partial charge on any atom is 0.321 e. The summed E-state index contributed by atoms with van der Waals surface area (Å²) < 4.78 is 0. The molecule has 0 radical (unpaired) electrons. The maximum atomic E-state index is 9.76. The van der Waals surface area contributed by atoms with E-state index in [1.54, 1.807) is 4.91 Å². The molecule has 0 aliphatic carbocycles. The summed E-state index contributed by atoms with van der Waals surface area (Å²) in [4.78, 5) is 11.5. The van der Waals surface area contributed by atoms with Gasteiger partial charge in [0.25, 0.3) is 0 Å². The molecule has 1 unspecified atom stereocenters. The minimum atomic E-state index is -1.00. The molecule has 7 heteroatoms. The zero-order valence-electron chi connectivity index (χ0n) is 5.06. The topological polar surface area (TPSA) is 124 Å². The highest BCUT2D eigenvalue weighted by Crippen LogP contribution is 1.80. The van der Waals surface area contributed by atoms with Crippen molar-refractivity contribution < 1.29 is 9.90 Å². The van der Waals surface area contributed by atoms with Crippen LogP contribution >= 0.6 is 12.6 Å². The lowest BCUT2D eigenvalue weighted by Crippen LogP contribution is -2.31. The Hall–Kier alpha value is -0.910. The molecule has 6 nitrogen and oxygen atoms in total. The highest BCUT2D eigenvalue weighted by Gasteiger charge is 2.06. The van der Waals surface area contributed by atoms with Gasteiger partial charge in [0.05, 0.1) is 0 Å². The van der Waals surface area contributed by atoms with E-state index in [-0.39, 0.29) is 5.75 Å². The van der Waals surface area contributed by atoms with E-state index < -0.39 is 12.0 Å². The molecule has 0 spiro atoms. The fourth-order valence-corrected chi connectivity index (χ4v) is 0.234. The molecule has 0 saturated carbocycles. The number of hydrogen-bond acceptors (Lipinski definition) is 4. The molecule has 58 valence electrons. The van der Waals surface area contributed by atoms with Gasteiger partial charge in [0.2, 0.25) is 0 Å². The van der Waals surface area contributed by atoms with Crippen molar-refractivity contribution in [3.63, 3.8) is 0 Å². The van der Waals surface area contributed by atoms with E-state index in [1.165, 1.54) is 0 Å². The summed E-state index contributed by atoms with van der Waals surface area (Å²) in [5.74, 6) is -0.815. The fraction of sp³-hybridized carbons (Fsp3) is 0.667. The van der Waals surface area contributed by atoms with Crippen LogP contribution in [0.4, 0.5) is 0 Å². The van der Waals surface area contributed by atoms with Gasteiger partial charge in [-0.15, -0.1) is 5.53 Å². The summed E-state index contributed by atoms with van der Waals surface area (Å²) >= 11 is 3.65. The Labute approximate surface area is 62.8 Å². The van der Waals surface area contributed by atoms with Crippen molar-refractivity contribution in [1.29, 1.82) is 5.53 Å². The van der Waals surface area contributed by atoms with Gasteiger partial charge < -0.3 is 10.8 Å². The van der Waals surface area contributed by atoms with Gasteiger partial charge >= 0.3 is 5.97 Å². The Morgan fingerprint density at radius 1 is 2.00 bits per heavy atom. The van der Waals surface area contributed by atoms with Crippen LogP contribution in [0.2, 0.25) is 0 Å². The normalized spacial score (nSPS) is 10.2. The molecular formula is C3H8N4O2S. The Bertz CT molecular complexity index is 132. The van der Waals surface area contributed by atoms with Crippen molar-refractivity contribution in [1.82, 2.24) is 0 Å². The Morgan fingerprint density at radius 3 is 2.30 bits per heavy atom. The number of carboxylic acids is 1. The third-order valence-corrected chi connectivity index (χ3v) is 0.907. The Morgan fingerprint density at radius 2 is 2.30 bits per heavy atom. The second-order valence-corrected chi connectivity index (χ2v) is 1.59. The van der Waals surface area contributed by atoms with Crippen molar-refractivity contribution in [3.8, 4) is 0 Å². The van der Waals surface area contributed by atoms with Gasteiger partial charge in [-0.25, -0.2) is 0 Å². The lowest BCUT2D eigenvalue weighted by molar-refractivity contribution is -0.137. The summed E-state index contributed by atoms with van der Waals surface area (Å²) in [6.45, 7) is 0. The lowest BCUT2D eigenvalue weighted by atomic mass is 10.4. The SMILES string of the molecule is NC(CS)C(=O)O.[N-]=[N+]=N. The number of carbonyl (C=O) groups is 1. The first-order valence-corrected chi connectivity index (χ1v) is 2.83. The summed E-state index contributed by atoms with van der Waals surface area (Å²) in [5.41, 5.74) is 17.2. The summed E-state index contributed by atoms with van der Waals surface area (Å²) in [5, 5.41) is 8.01. The quantitative estimate of drug-likeness (QED) is 0.202. The summed E-state index contributed by atoms with van der Waals surface area (Å²) in [7, 11) is 0. The molecule has 0 aliphatic heterocycles. The molecule has 0 aromatic heterocycles. The van der Waals surface area contributed by atoms with Crippen LogP contribution in [0.3, 0.4) is 0 Å². The van der Waals surface area contributed by atoms with E-state index in [9.17, 15) is 4.79 Å². The number of nitrogens with one attached hydrogen (secondary N) is 1. The van der Waals surface area contributed by atoms with Gasteiger partial charge in [-0.1, -0.05) is 0 Å². The third kappa shape index (κ3) is 10.1. The van der Waals surface area contributed by atoms with E-state index in [0.717, 1.165) is 0 Å². The number of aliphatic carboxylic acids is 1. The van der Waals surface area contributed by atoms with E-state index in [2.05, 4.69) is 12.6 Å². The minimum Gasteiger partial charge on any atom is -0.480 e. The van der Waals surface area contributed by atoms with Crippen LogP contribution in [-0.2, 0) is 4.79 Å². The molecular weight excluding hydrogens is 156 g/mol. The number of thiol groups is 1. The highest BCUT2D eigenvalue weighted by atomic mass is 32.1. The van der Waals surface area contributed by atoms with Gasteiger partial charge in [0.15, 0.2) is 0 Å². The molecule has 10 heavy (non-hydrogen) atoms. The monoisotopic (exact) mass is 164 g/mol. The first-order valence-electron chi connectivity index (χ1n) is 2.20. The van der Waals surface area contributed by atoms with Gasteiger partial charge in [0.1, 0.15) is 6.04 Å². The van der Waals surface area contributed by atoms with Crippen molar-refractivity contribution in [2.75, 3.05) is 5.75 Å². The molecule has 0 aliphatic rings. The number of rotatable bonds is 2. The number of hydrogen-bond donors (Lipinski definition) is 4. The second-order valence-electron chi connectivity index (χ2n) is 1.23. The zero-order chi connectivity index (χ0) is 8.57.